The summed E-state index contributed by atoms with van der Waals surface area (Å²) < 4.78 is 2.98. The van der Waals surface area contributed by atoms with E-state index in [-0.39, 0.29) is 5.91 Å². The van der Waals surface area contributed by atoms with Crippen molar-refractivity contribution in [3.8, 4) is 0 Å². The van der Waals surface area contributed by atoms with Crippen LogP contribution in [0.2, 0.25) is 5.02 Å². The summed E-state index contributed by atoms with van der Waals surface area (Å²) >= 11 is 9.20. The number of aromatic nitrogens is 1. The molecule has 0 saturated carbocycles. The largest absolute Gasteiger partial charge is 0.319 e. The quantitative estimate of drug-likeness (QED) is 0.621. The van der Waals surface area contributed by atoms with Crippen molar-refractivity contribution >= 4 is 50.8 Å². The number of rotatable bonds is 2. The van der Waals surface area contributed by atoms with E-state index in [0.717, 1.165) is 20.7 Å². The molecule has 0 radical (unpaired) electrons. The molecular formula is C17H15ClN2OS2. The summed E-state index contributed by atoms with van der Waals surface area (Å²) in [6, 6.07) is 11.3. The third-order valence-electron chi connectivity index (χ3n) is 3.57. The van der Waals surface area contributed by atoms with Crippen molar-refractivity contribution in [3.63, 3.8) is 0 Å². The number of nitrogens with zero attached hydrogens (tertiary/aromatic N) is 2. The van der Waals surface area contributed by atoms with E-state index >= 15 is 0 Å². The van der Waals surface area contributed by atoms with E-state index < -0.39 is 0 Å². The molecule has 1 heterocycles. The van der Waals surface area contributed by atoms with Gasteiger partial charge >= 0.3 is 0 Å². The first-order valence-corrected chi connectivity index (χ1v) is 9.40. The van der Waals surface area contributed by atoms with E-state index in [2.05, 4.69) is 4.99 Å². The van der Waals surface area contributed by atoms with E-state index in [0.29, 0.717) is 15.4 Å². The minimum atomic E-state index is -0.230. The third kappa shape index (κ3) is 3.22. The van der Waals surface area contributed by atoms with Gasteiger partial charge in [0.15, 0.2) is 4.80 Å². The Bertz CT molecular complexity index is 972. The number of thiazole rings is 1. The predicted molar refractivity (Wildman–Crippen MR) is 98.7 cm³/mol. The first-order valence-electron chi connectivity index (χ1n) is 6.98. The molecule has 0 atom stereocenters. The van der Waals surface area contributed by atoms with Crippen molar-refractivity contribution in [2.75, 3.05) is 6.26 Å². The summed E-state index contributed by atoms with van der Waals surface area (Å²) in [5, 5.41) is 0.697. The van der Waals surface area contributed by atoms with Crippen molar-refractivity contribution in [2.24, 2.45) is 12.0 Å². The molecule has 6 heteroatoms. The van der Waals surface area contributed by atoms with Crippen molar-refractivity contribution in [1.82, 2.24) is 4.57 Å². The molecule has 0 saturated heterocycles. The van der Waals surface area contributed by atoms with Crippen LogP contribution in [0.4, 0.5) is 0 Å². The summed E-state index contributed by atoms with van der Waals surface area (Å²) in [6.07, 6.45) is 1.99. The lowest BCUT2D eigenvalue weighted by atomic mass is 10.2. The van der Waals surface area contributed by atoms with Gasteiger partial charge in [-0.15, -0.1) is 11.8 Å². The lowest BCUT2D eigenvalue weighted by molar-refractivity contribution is 0.0997. The molecule has 3 rings (SSSR count). The molecule has 0 unspecified atom stereocenters. The van der Waals surface area contributed by atoms with Gasteiger partial charge in [0.05, 0.1) is 10.2 Å². The van der Waals surface area contributed by atoms with Crippen LogP contribution in [-0.4, -0.2) is 16.7 Å². The molecule has 0 fully saturated rings. The molecule has 0 spiro atoms. The standard InChI is InChI=1S/C17H15ClN2OS2/c1-10-7-12(18)9-14-15(10)20(2)17(23-14)19-16(21)11-5-4-6-13(8-11)22-3/h4-9H,1-3H3. The molecule has 118 valence electrons. The summed E-state index contributed by atoms with van der Waals surface area (Å²) in [5.41, 5.74) is 2.73. The molecule has 1 amide bonds. The number of carbonyl (C=O) groups is 1. The smallest absolute Gasteiger partial charge is 0.279 e. The minimum Gasteiger partial charge on any atom is -0.319 e. The third-order valence-corrected chi connectivity index (χ3v) is 5.59. The van der Waals surface area contributed by atoms with Crippen molar-refractivity contribution < 1.29 is 4.79 Å². The van der Waals surface area contributed by atoms with Gasteiger partial charge in [0, 0.05) is 22.5 Å². The van der Waals surface area contributed by atoms with E-state index in [1.807, 2.05) is 55.1 Å². The van der Waals surface area contributed by atoms with Gasteiger partial charge in [0.25, 0.3) is 5.91 Å². The zero-order valence-electron chi connectivity index (χ0n) is 13.0. The van der Waals surface area contributed by atoms with E-state index in [1.165, 1.54) is 11.3 Å². The number of hydrogen-bond donors (Lipinski definition) is 0. The normalized spacial score (nSPS) is 12.1. The van der Waals surface area contributed by atoms with E-state index in [1.54, 1.807) is 17.8 Å². The topological polar surface area (TPSA) is 34.4 Å². The number of aryl methyl sites for hydroxylation is 2. The lowest BCUT2D eigenvalue weighted by Gasteiger charge is -2.01. The molecule has 23 heavy (non-hydrogen) atoms. The fraction of sp³-hybridized carbons (Fsp3) is 0.176. The number of carbonyl (C=O) groups excluding carboxylic acids is 1. The van der Waals surface area contributed by atoms with Crippen LogP contribution in [0.3, 0.4) is 0 Å². The van der Waals surface area contributed by atoms with Crippen LogP contribution in [-0.2, 0) is 7.05 Å². The van der Waals surface area contributed by atoms with Gasteiger partial charge in [0.1, 0.15) is 0 Å². The Morgan fingerprint density at radius 3 is 2.83 bits per heavy atom. The molecule has 0 N–H and O–H groups in total. The van der Waals surface area contributed by atoms with Gasteiger partial charge in [-0.1, -0.05) is 29.0 Å². The molecule has 0 aliphatic heterocycles. The van der Waals surface area contributed by atoms with Crippen LogP contribution >= 0.6 is 34.7 Å². The Balaban J connectivity index is 2.12. The molecule has 1 aromatic heterocycles. The number of thioether (sulfide) groups is 1. The van der Waals surface area contributed by atoms with Crippen LogP contribution < -0.4 is 4.80 Å². The average Bonchev–Trinajstić information content (AvgIpc) is 2.83. The lowest BCUT2D eigenvalue weighted by Crippen LogP contribution is -2.13. The van der Waals surface area contributed by atoms with Gasteiger partial charge in [-0.25, -0.2) is 0 Å². The Labute approximate surface area is 147 Å². The van der Waals surface area contributed by atoms with Crippen LogP contribution in [0.15, 0.2) is 46.3 Å². The second kappa shape index (κ2) is 6.51. The van der Waals surface area contributed by atoms with Crippen LogP contribution in [0, 0.1) is 6.92 Å². The zero-order chi connectivity index (χ0) is 16.6. The van der Waals surface area contributed by atoms with Gasteiger partial charge in [-0.2, -0.15) is 4.99 Å². The van der Waals surface area contributed by atoms with Crippen LogP contribution in [0.5, 0.6) is 0 Å². The fourth-order valence-electron chi connectivity index (χ4n) is 2.48. The molecule has 3 nitrogen and oxygen atoms in total. The maximum Gasteiger partial charge on any atom is 0.279 e. The highest BCUT2D eigenvalue weighted by Crippen LogP contribution is 2.25. The highest BCUT2D eigenvalue weighted by Gasteiger charge is 2.10. The highest BCUT2D eigenvalue weighted by molar-refractivity contribution is 7.98. The second-order valence-corrected chi connectivity index (χ2v) is 7.49. The predicted octanol–water partition coefficient (Wildman–Crippen LogP) is 4.66. The van der Waals surface area contributed by atoms with Gasteiger partial charge in [-0.05, 0) is 49.1 Å². The molecule has 3 aromatic rings. The van der Waals surface area contributed by atoms with E-state index in [9.17, 15) is 4.79 Å². The minimum absolute atomic E-state index is 0.230. The van der Waals surface area contributed by atoms with Crippen LogP contribution in [0.25, 0.3) is 10.2 Å². The first-order chi connectivity index (χ1) is 11.0. The van der Waals surface area contributed by atoms with Crippen molar-refractivity contribution in [2.45, 2.75) is 11.8 Å². The Morgan fingerprint density at radius 1 is 1.30 bits per heavy atom. The van der Waals surface area contributed by atoms with Crippen LogP contribution in [0.1, 0.15) is 15.9 Å². The van der Waals surface area contributed by atoms with E-state index in [4.69, 9.17) is 11.6 Å². The van der Waals surface area contributed by atoms with Gasteiger partial charge in [0.2, 0.25) is 0 Å². The molecule has 0 bridgehead atoms. The van der Waals surface area contributed by atoms with Crippen molar-refractivity contribution in [1.29, 1.82) is 0 Å². The monoisotopic (exact) mass is 362 g/mol. The summed E-state index contributed by atoms with van der Waals surface area (Å²) in [5.74, 6) is -0.230. The summed E-state index contributed by atoms with van der Waals surface area (Å²) in [7, 11) is 1.92. The SMILES string of the molecule is CSc1cccc(C(=O)N=c2sc3cc(Cl)cc(C)c3n2C)c1. The fourth-order valence-corrected chi connectivity index (χ4v) is 4.41. The second-order valence-electron chi connectivity index (χ2n) is 5.16. The maximum absolute atomic E-state index is 12.5. The summed E-state index contributed by atoms with van der Waals surface area (Å²) in [6.45, 7) is 2.01. The summed E-state index contributed by atoms with van der Waals surface area (Å²) in [4.78, 5) is 18.5. The number of halogens is 1. The Morgan fingerprint density at radius 2 is 2.09 bits per heavy atom. The Hall–Kier alpha value is -1.56. The highest BCUT2D eigenvalue weighted by atomic mass is 35.5. The molecular weight excluding hydrogens is 348 g/mol. The number of benzene rings is 2. The number of fused-ring (bicyclic) bond motifs is 1. The molecule has 0 aliphatic carbocycles. The van der Waals surface area contributed by atoms with Gasteiger partial charge in [-0.3, -0.25) is 4.79 Å². The molecule has 2 aromatic carbocycles. The maximum atomic E-state index is 12.5. The Kier molecular flexibility index (Phi) is 4.62. The average molecular weight is 363 g/mol. The number of hydrogen-bond acceptors (Lipinski definition) is 3. The van der Waals surface area contributed by atoms with Gasteiger partial charge < -0.3 is 4.57 Å². The van der Waals surface area contributed by atoms with Crippen molar-refractivity contribution in [3.05, 3.63) is 57.3 Å². The molecule has 0 aliphatic rings. The zero-order valence-corrected chi connectivity index (χ0v) is 15.4. The number of amides is 1. The first kappa shape index (κ1) is 16.3.